The first kappa shape index (κ1) is 36.7. The van der Waals surface area contributed by atoms with E-state index < -0.39 is 0 Å². The van der Waals surface area contributed by atoms with Gasteiger partial charge in [0, 0.05) is 39.0 Å². The summed E-state index contributed by atoms with van der Waals surface area (Å²) >= 11 is 0. The third-order valence-electron chi connectivity index (χ3n) is 11.5. The number of hydrogen-bond acceptors (Lipinski definition) is 4. The lowest BCUT2D eigenvalue weighted by Gasteiger charge is -2.26. The monoisotopic (exact) mass is 793 g/mol. The van der Waals surface area contributed by atoms with Crippen molar-refractivity contribution in [2.24, 2.45) is 0 Å². The van der Waals surface area contributed by atoms with Crippen LogP contribution in [0.3, 0.4) is 0 Å². The lowest BCUT2D eigenvalue weighted by Crippen LogP contribution is -2.10. The first-order valence-electron chi connectivity index (χ1n) is 20.9. The maximum absolute atomic E-state index is 5.20. The van der Waals surface area contributed by atoms with E-state index in [9.17, 15) is 0 Å². The van der Waals surface area contributed by atoms with Crippen molar-refractivity contribution in [2.45, 2.75) is 0 Å². The van der Waals surface area contributed by atoms with Crippen LogP contribution in [0.5, 0.6) is 0 Å². The van der Waals surface area contributed by atoms with Crippen molar-refractivity contribution in [1.82, 2.24) is 19.5 Å². The van der Waals surface area contributed by atoms with Crippen molar-refractivity contribution in [2.75, 3.05) is 4.90 Å². The molecule has 0 fully saturated rings. The maximum Gasteiger partial charge on any atom is 0.238 e. The fourth-order valence-electron chi connectivity index (χ4n) is 8.39. The molecule has 11 aromatic rings. The van der Waals surface area contributed by atoms with E-state index in [0.717, 1.165) is 61.1 Å². The van der Waals surface area contributed by atoms with E-state index in [2.05, 4.69) is 185 Å². The highest BCUT2D eigenvalue weighted by molar-refractivity contribution is 6.11. The van der Waals surface area contributed by atoms with Gasteiger partial charge < -0.3 is 4.90 Å². The predicted molar refractivity (Wildman–Crippen MR) is 256 cm³/mol. The number of fused-ring (bicyclic) bond motifs is 3. The smallest absolute Gasteiger partial charge is 0.238 e. The minimum atomic E-state index is 0.558. The summed E-state index contributed by atoms with van der Waals surface area (Å²) in [7, 11) is 0. The van der Waals surface area contributed by atoms with Crippen molar-refractivity contribution >= 4 is 38.9 Å². The zero-order chi connectivity index (χ0) is 41.2. The Morgan fingerprint density at radius 2 is 0.613 bits per heavy atom. The van der Waals surface area contributed by atoms with Gasteiger partial charge in [-0.1, -0.05) is 182 Å². The Morgan fingerprint density at radius 1 is 0.274 bits per heavy atom. The second-order valence-electron chi connectivity index (χ2n) is 15.3. The summed E-state index contributed by atoms with van der Waals surface area (Å²) < 4.78 is 2.19. The summed E-state index contributed by atoms with van der Waals surface area (Å²) in [6, 6.07) is 83.1. The van der Waals surface area contributed by atoms with E-state index >= 15 is 0 Å². The molecule has 2 aromatic heterocycles. The normalized spacial score (nSPS) is 11.2. The number of anilines is 3. The molecule has 0 N–H and O–H groups in total. The van der Waals surface area contributed by atoms with Crippen LogP contribution in [0.2, 0.25) is 0 Å². The lowest BCUT2D eigenvalue weighted by molar-refractivity contribution is 0.953. The van der Waals surface area contributed by atoms with Gasteiger partial charge in [-0.2, -0.15) is 9.97 Å². The molecule has 2 heterocycles. The molecule has 11 rings (SSSR count). The van der Waals surface area contributed by atoms with Gasteiger partial charge >= 0.3 is 0 Å². The summed E-state index contributed by atoms with van der Waals surface area (Å²) in [5, 5.41) is 2.19. The van der Waals surface area contributed by atoms with Gasteiger partial charge in [-0.25, -0.2) is 4.98 Å². The Hall–Kier alpha value is -8.41. The lowest BCUT2D eigenvalue weighted by atomic mass is 10.0. The number of rotatable bonds is 9. The van der Waals surface area contributed by atoms with Crippen LogP contribution in [-0.4, -0.2) is 19.5 Å². The van der Waals surface area contributed by atoms with Gasteiger partial charge in [-0.05, 0) is 88.0 Å². The average molecular weight is 794 g/mol. The molecular weight excluding hydrogens is 755 g/mol. The first-order valence-corrected chi connectivity index (χ1v) is 20.9. The second kappa shape index (κ2) is 16.0. The van der Waals surface area contributed by atoms with Crippen LogP contribution >= 0.6 is 0 Å². The van der Waals surface area contributed by atoms with Crippen LogP contribution in [0.15, 0.2) is 237 Å². The Labute approximate surface area is 360 Å². The maximum atomic E-state index is 5.20. The number of hydrogen-bond donors (Lipinski definition) is 0. The Balaban J connectivity index is 1.13. The Morgan fingerprint density at radius 3 is 1.06 bits per heavy atom. The van der Waals surface area contributed by atoms with Crippen LogP contribution in [0.4, 0.5) is 17.1 Å². The summed E-state index contributed by atoms with van der Waals surface area (Å²) in [5.41, 5.74) is 14.0. The topological polar surface area (TPSA) is 46.8 Å². The molecule has 0 aliphatic rings. The molecule has 0 unspecified atom stereocenters. The molecule has 0 bridgehead atoms. The largest absolute Gasteiger partial charge is 0.310 e. The van der Waals surface area contributed by atoms with Gasteiger partial charge in [0.1, 0.15) is 0 Å². The van der Waals surface area contributed by atoms with Crippen LogP contribution in [0, 0.1) is 0 Å². The second-order valence-corrected chi connectivity index (χ2v) is 15.3. The van der Waals surface area contributed by atoms with Crippen molar-refractivity contribution in [3.63, 3.8) is 0 Å². The molecule has 0 spiro atoms. The van der Waals surface area contributed by atoms with Crippen LogP contribution < -0.4 is 4.90 Å². The van der Waals surface area contributed by atoms with E-state index in [1.165, 1.54) is 22.3 Å². The Kier molecular flexibility index (Phi) is 9.45. The molecule has 0 aliphatic carbocycles. The van der Waals surface area contributed by atoms with Gasteiger partial charge in [0.15, 0.2) is 11.6 Å². The first-order chi connectivity index (χ1) is 30.7. The van der Waals surface area contributed by atoms with Crippen molar-refractivity contribution < 1.29 is 0 Å². The van der Waals surface area contributed by atoms with E-state index in [0.29, 0.717) is 17.6 Å². The standard InChI is InChI=1S/C57H39N5/c1-6-16-40(17-7-1)43-26-31-48(32-27-43)61(49-33-28-44(29-34-49)41-18-8-2-9-19-41)50-35-37-54-52(39-50)51-38-47(42-20-10-3-11-21-42)30-36-53(51)62(54)57-59-55(45-22-12-4-13-23-45)58-56(60-57)46-24-14-5-15-25-46/h1-39H. The van der Waals surface area contributed by atoms with Gasteiger partial charge in [-0.3, -0.25) is 4.57 Å². The van der Waals surface area contributed by atoms with Crippen molar-refractivity contribution in [1.29, 1.82) is 0 Å². The number of nitrogens with zero attached hydrogens (tertiary/aromatic N) is 5. The molecule has 5 nitrogen and oxygen atoms in total. The van der Waals surface area contributed by atoms with E-state index in [1.807, 2.05) is 60.7 Å². The van der Waals surface area contributed by atoms with Crippen LogP contribution in [0.25, 0.3) is 83.9 Å². The van der Waals surface area contributed by atoms with Gasteiger partial charge in [0.25, 0.3) is 0 Å². The molecule has 0 aliphatic heterocycles. The van der Waals surface area contributed by atoms with E-state index in [4.69, 9.17) is 15.0 Å². The Bertz CT molecular complexity index is 3150. The molecule has 62 heavy (non-hydrogen) atoms. The average Bonchev–Trinajstić information content (AvgIpc) is 3.69. The fraction of sp³-hybridized carbons (Fsp3) is 0. The SMILES string of the molecule is c1ccc(-c2ccc(N(c3ccc(-c4ccccc4)cc3)c3ccc4c(c3)c3cc(-c5ccccc5)ccc3n4-c3nc(-c4ccccc4)nc(-c4ccccc4)n3)cc2)cc1. The minimum Gasteiger partial charge on any atom is -0.310 e. The van der Waals surface area contributed by atoms with Crippen molar-refractivity contribution in [3.05, 3.63) is 237 Å². The fourth-order valence-corrected chi connectivity index (χ4v) is 8.39. The van der Waals surface area contributed by atoms with Gasteiger partial charge in [0.05, 0.1) is 11.0 Å². The molecule has 0 atom stereocenters. The molecule has 292 valence electrons. The summed E-state index contributed by atoms with van der Waals surface area (Å²) in [5.74, 6) is 1.79. The zero-order valence-electron chi connectivity index (χ0n) is 33.8. The summed E-state index contributed by atoms with van der Waals surface area (Å²) in [6.07, 6.45) is 0. The zero-order valence-corrected chi connectivity index (χ0v) is 33.8. The summed E-state index contributed by atoms with van der Waals surface area (Å²) in [4.78, 5) is 17.8. The molecule has 5 heteroatoms. The van der Waals surface area contributed by atoms with Gasteiger partial charge in [-0.15, -0.1) is 0 Å². The third kappa shape index (κ3) is 6.97. The van der Waals surface area contributed by atoms with E-state index in [-0.39, 0.29) is 0 Å². The predicted octanol–water partition coefficient (Wildman–Crippen LogP) is 14.8. The van der Waals surface area contributed by atoms with Gasteiger partial charge in [0.2, 0.25) is 5.95 Å². The summed E-state index contributed by atoms with van der Waals surface area (Å²) in [6.45, 7) is 0. The molecule has 0 saturated carbocycles. The highest BCUT2D eigenvalue weighted by Crippen LogP contribution is 2.42. The van der Waals surface area contributed by atoms with Crippen molar-refractivity contribution in [3.8, 4) is 62.1 Å². The minimum absolute atomic E-state index is 0.558. The molecule has 0 radical (unpaired) electrons. The molecular formula is C57H39N5. The molecule has 0 amide bonds. The highest BCUT2D eigenvalue weighted by atomic mass is 15.2. The van der Waals surface area contributed by atoms with Crippen LogP contribution in [0.1, 0.15) is 0 Å². The number of aromatic nitrogens is 4. The highest BCUT2D eigenvalue weighted by Gasteiger charge is 2.21. The third-order valence-corrected chi connectivity index (χ3v) is 11.5. The number of benzene rings is 9. The molecule has 9 aromatic carbocycles. The van der Waals surface area contributed by atoms with Crippen LogP contribution in [-0.2, 0) is 0 Å². The van der Waals surface area contributed by atoms with E-state index in [1.54, 1.807) is 0 Å². The quantitative estimate of drug-likeness (QED) is 0.146. The molecule has 0 saturated heterocycles.